The van der Waals surface area contributed by atoms with E-state index in [2.05, 4.69) is 4.72 Å². The molecule has 112 valence electrons. The van der Waals surface area contributed by atoms with E-state index in [1.807, 2.05) is 6.26 Å². The Bertz CT molecular complexity index is 581. The van der Waals surface area contributed by atoms with E-state index in [1.165, 1.54) is 11.4 Å². The minimum Gasteiger partial charge on any atom is -0.478 e. The molecule has 0 bridgehead atoms. The molecule has 0 spiro atoms. The maximum atomic E-state index is 12.3. The molecule has 2 atom stereocenters. The van der Waals surface area contributed by atoms with Crippen molar-refractivity contribution in [3.8, 4) is 0 Å². The van der Waals surface area contributed by atoms with Crippen molar-refractivity contribution in [2.45, 2.75) is 41.2 Å². The first-order valence-corrected chi connectivity index (χ1v) is 9.96. The van der Waals surface area contributed by atoms with Gasteiger partial charge in [-0.1, -0.05) is 12.8 Å². The first-order chi connectivity index (χ1) is 9.44. The average molecular weight is 335 g/mol. The van der Waals surface area contributed by atoms with Crippen LogP contribution in [0.25, 0.3) is 0 Å². The van der Waals surface area contributed by atoms with Gasteiger partial charge in [0.2, 0.25) is 10.0 Å². The third kappa shape index (κ3) is 3.55. The van der Waals surface area contributed by atoms with Crippen molar-refractivity contribution in [2.24, 2.45) is 0 Å². The highest BCUT2D eigenvalue weighted by Crippen LogP contribution is 2.29. The number of thioether (sulfide) groups is 1. The Hall–Kier alpha value is -0.570. The first kappa shape index (κ1) is 15.8. The van der Waals surface area contributed by atoms with Gasteiger partial charge in [0.15, 0.2) is 0 Å². The molecule has 1 heterocycles. The predicted molar refractivity (Wildman–Crippen MR) is 81.2 cm³/mol. The van der Waals surface area contributed by atoms with Gasteiger partial charge >= 0.3 is 5.97 Å². The van der Waals surface area contributed by atoms with Crippen LogP contribution in [0.1, 0.15) is 36.0 Å². The number of hydrogen-bond donors (Lipinski definition) is 2. The summed E-state index contributed by atoms with van der Waals surface area (Å²) in [5.41, 5.74) is 0.0143. The van der Waals surface area contributed by atoms with Crippen LogP contribution in [0, 0.1) is 0 Å². The Morgan fingerprint density at radius 1 is 1.45 bits per heavy atom. The van der Waals surface area contributed by atoms with Gasteiger partial charge in [-0.25, -0.2) is 17.9 Å². The van der Waals surface area contributed by atoms with Crippen LogP contribution in [0.4, 0.5) is 0 Å². The minimum atomic E-state index is -3.62. The number of sulfonamides is 1. The number of nitrogens with one attached hydrogen (secondary N) is 1. The van der Waals surface area contributed by atoms with E-state index in [-0.39, 0.29) is 21.1 Å². The summed E-state index contributed by atoms with van der Waals surface area (Å²) in [7, 11) is -3.62. The molecule has 1 aliphatic carbocycles. The zero-order chi connectivity index (χ0) is 14.8. The molecule has 1 aliphatic rings. The quantitative estimate of drug-likeness (QED) is 0.863. The van der Waals surface area contributed by atoms with Gasteiger partial charge in [-0.2, -0.15) is 11.8 Å². The number of carboxylic acid groups (broad SMARTS) is 1. The standard InChI is InChI=1S/C12H17NO4S3/c1-18-10-5-3-2-4-9(10)13-20(16,17)11-6-8(7-19-11)12(14)15/h6-7,9-10,13H,2-5H2,1H3,(H,14,15). The van der Waals surface area contributed by atoms with Gasteiger partial charge in [0.1, 0.15) is 4.21 Å². The van der Waals surface area contributed by atoms with Crippen molar-refractivity contribution < 1.29 is 18.3 Å². The molecular formula is C12H17NO4S3. The maximum Gasteiger partial charge on any atom is 0.336 e. The lowest BCUT2D eigenvalue weighted by Gasteiger charge is -2.30. The van der Waals surface area contributed by atoms with Gasteiger partial charge in [-0.3, -0.25) is 0 Å². The molecule has 2 unspecified atom stereocenters. The summed E-state index contributed by atoms with van der Waals surface area (Å²) in [5.74, 6) is -1.11. The van der Waals surface area contributed by atoms with Gasteiger partial charge < -0.3 is 5.11 Å². The Balaban J connectivity index is 2.15. The SMILES string of the molecule is CSC1CCCCC1NS(=O)(=O)c1cc(C(=O)O)cs1. The van der Waals surface area contributed by atoms with Crippen molar-refractivity contribution in [2.75, 3.05) is 6.26 Å². The minimum absolute atomic E-state index is 0.0143. The van der Waals surface area contributed by atoms with Crippen molar-refractivity contribution in [1.82, 2.24) is 4.72 Å². The molecular weight excluding hydrogens is 318 g/mol. The number of thiophene rings is 1. The number of carbonyl (C=O) groups is 1. The molecule has 1 saturated carbocycles. The van der Waals surface area contributed by atoms with Crippen LogP contribution in [0.5, 0.6) is 0 Å². The molecule has 1 aromatic heterocycles. The summed E-state index contributed by atoms with van der Waals surface area (Å²) in [6.45, 7) is 0. The van der Waals surface area contributed by atoms with Gasteiger partial charge in [0.25, 0.3) is 0 Å². The highest BCUT2D eigenvalue weighted by molar-refractivity contribution is 7.99. The Kier molecular flexibility index (Phi) is 5.11. The molecule has 1 aromatic rings. The lowest BCUT2D eigenvalue weighted by molar-refractivity contribution is 0.0697. The summed E-state index contributed by atoms with van der Waals surface area (Å²) in [4.78, 5) is 10.8. The lowest BCUT2D eigenvalue weighted by Crippen LogP contribution is -2.43. The number of rotatable bonds is 5. The third-order valence-electron chi connectivity index (χ3n) is 3.40. The molecule has 2 N–H and O–H groups in total. The number of aromatic carboxylic acids is 1. The number of carboxylic acids is 1. The number of hydrogen-bond acceptors (Lipinski definition) is 5. The van der Waals surface area contributed by atoms with E-state index < -0.39 is 16.0 Å². The monoisotopic (exact) mass is 335 g/mol. The predicted octanol–water partition coefficient (Wildman–Crippen LogP) is 2.40. The molecule has 0 radical (unpaired) electrons. The summed E-state index contributed by atoms with van der Waals surface area (Å²) >= 11 is 2.63. The van der Waals surface area contributed by atoms with Crippen molar-refractivity contribution in [3.63, 3.8) is 0 Å². The zero-order valence-electron chi connectivity index (χ0n) is 11.0. The summed E-state index contributed by atoms with van der Waals surface area (Å²) in [6, 6.07) is 1.14. The Morgan fingerprint density at radius 2 is 2.15 bits per heavy atom. The smallest absolute Gasteiger partial charge is 0.336 e. The van der Waals surface area contributed by atoms with E-state index >= 15 is 0 Å². The van der Waals surface area contributed by atoms with E-state index in [0.717, 1.165) is 37.0 Å². The van der Waals surface area contributed by atoms with Crippen molar-refractivity contribution >= 4 is 39.1 Å². The summed E-state index contributed by atoms with van der Waals surface area (Å²) < 4.78 is 27.4. The fraction of sp³-hybridized carbons (Fsp3) is 0.583. The van der Waals surface area contributed by atoms with Crippen LogP contribution < -0.4 is 4.72 Å². The van der Waals surface area contributed by atoms with E-state index in [4.69, 9.17) is 5.11 Å². The highest BCUT2D eigenvalue weighted by Gasteiger charge is 2.29. The molecule has 1 fully saturated rings. The largest absolute Gasteiger partial charge is 0.478 e. The fourth-order valence-electron chi connectivity index (χ4n) is 2.34. The van der Waals surface area contributed by atoms with Crippen molar-refractivity contribution in [3.05, 3.63) is 17.0 Å². The second-order valence-electron chi connectivity index (χ2n) is 4.75. The maximum absolute atomic E-state index is 12.3. The topological polar surface area (TPSA) is 83.5 Å². The molecule has 0 saturated heterocycles. The second-order valence-corrected chi connectivity index (χ2v) is 8.67. The molecule has 2 rings (SSSR count). The van der Waals surface area contributed by atoms with Crippen LogP contribution in [0.15, 0.2) is 15.7 Å². The lowest BCUT2D eigenvalue weighted by atomic mass is 9.96. The first-order valence-electron chi connectivity index (χ1n) is 6.31. The van der Waals surface area contributed by atoms with Gasteiger partial charge in [0, 0.05) is 16.7 Å². The molecule has 20 heavy (non-hydrogen) atoms. The Labute approximate surface area is 126 Å². The van der Waals surface area contributed by atoms with Gasteiger partial charge in [-0.15, -0.1) is 11.3 Å². The Morgan fingerprint density at radius 3 is 2.75 bits per heavy atom. The van der Waals surface area contributed by atoms with Crippen LogP contribution >= 0.6 is 23.1 Å². The van der Waals surface area contributed by atoms with Crippen LogP contribution in [0.2, 0.25) is 0 Å². The second kappa shape index (κ2) is 6.46. The fourth-order valence-corrected chi connectivity index (χ4v) is 5.84. The van der Waals surface area contributed by atoms with Crippen LogP contribution in [0.3, 0.4) is 0 Å². The highest BCUT2D eigenvalue weighted by atomic mass is 32.2. The van der Waals surface area contributed by atoms with E-state index in [0.29, 0.717) is 0 Å². The third-order valence-corrected chi connectivity index (χ3v) is 7.50. The summed E-state index contributed by atoms with van der Waals surface area (Å²) in [6.07, 6.45) is 5.99. The molecule has 0 aromatic carbocycles. The average Bonchev–Trinajstić information content (AvgIpc) is 2.89. The molecule has 8 heteroatoms. The van der Waals surface area contributed by atoms with Gasteiger partial charge in [0.05, 0.1) is 5.56 Å². The molecule has 5 nitrogen and oxygen atoms in total. The van der Waals surface area contributed by atoms with Crippen molar-refractivity contribution in [1.29, 1.82) is 0 Å². The van der Waals surface area contributed by atoms with E-state index in [1.54, 1.807) is 11.8 Å². The van der Waals surface area contributed by atoms with Crippen LogP contribution in [-0.2, 0) is 10.0 Å². The molecule has 0 amide bonds. The zero-order valence-corrected chi connectivity index (χ0v) is 13.5. The van der Waals surface area contributed by atoms with Gasteiger partial charge in [-0.05, 0) is 25.2 Å². The normalized spacial score (nSPS) is 23.6. The molecule has 0 aliphatic heterocycles. The van der Waals surface area contributed by atoms with E-state index in [9.17, 15) is 13.2 Å². The summed E-state index contributed by atoms with van der Waals surface area (Å²) in [5, 5.41) is 10.5. The van der Waals surface area contributed by atoms with Crippen LogP contribution in [-0.4, -0.2) is 37.0 Å².